The molecule has 0 aliphatic heterocycles. The summed E-state index contributed by atoms with van der Waals surface area (Å²) < 4.78 is 0. The van der Waals surface area contributed by atoms with E-state index in [2.05, 4.69) is 5.32 Å². The molecule has 0 spiro atoms. The second kappa shape index (κ2) is 4.21. The fraction of sp³-hybridized carbons (Fsp3) is 0.667. The highest BCUT2D eigenvalue weighted by Gasteiger charge is 1.93. The van der Waals surface area contributed by atoms with Crippen LogP contribution in [0.3, 0.4) is 0 Å². The minimum atomic E-state index is 0.0783. The van der Waals surface area contributed by atoms with Crippen molar-refractivity contribution in [3.63, 3.8) is 0 Å². The van der Waals surface area contributed by atoms with Gasteiger partial charge in [-0.25, -0.2) is 0 Å². The van der Waals surface area contributed by atoms with Gasteiger partial charge in [-0.15, -0.1) is 0 Å². The SMILES string of the molecule is CN/C=C\N(C)C(C)N. The van der Waals surface area contributed by atoms with Gasteiger partial charge < -0.3 is 16.0 Å². The highest BCUT2D eigenvalue weighted by Crippen LogP contribution is 1.85. The van der Waals surface area contributed by atoms with E-state index < -0.39 is 0 Å². The quantitative estimate of drug-likeness (QED) is 0.523. The molecule has 54 valence electrons. The van der Waals surface area contributed by atoms with Gasteiger partial charge in [-0.1, -0.05) is 0 Å². The minimum absolute atomic E-state index is 0.0783. The lowest BCUT2D eigenvalue weighted by molar-refractivity contribution is 0.359. The standard InChI is InChI=1S/C6H15N3/c1-6(7)9(3)5-4-8-2/h4-6,8H,7H2,1-3H3/b5-4-. The van der Waals surface area contributed by atoms with Crippen LogP contribution in [0.1, 0.15) is 6.92 Å². The third-order valence-electron chi connectivity index (χ3n) is 1.12. The Balaban J connectivity index is 3.48. The van der Waals surface area contributed by atoms with E-state index in [1.807, 2.05) is 38.3 Å². The van der Waals surface area contributed by atoms with Gasteiger partial charge in [-0.2, -0.15) is 0 Å². The van der Waals surface area contributed by atoms with E-state index in [4.69, 9.17) is 5.73 Å². The molecule has 3 N–H and O–H groups in total. The zero-order chi connectivity index (χ0) is 7.28. The molecule has 9 heavy (non-hydrogen) atoms. The molecule has 0 aromatic carbocycles. The molecule has 3 nitrogen and oxygen atoms in total. The summed E-state index contributed by atoms with van der Waals surface area (Å²) in [6, 6.07) is 0. The molecule has 0 heterocycles. The average Bonchev–Trinajstić information content (AvgIpc) is 1.82. The first-order valence-electron chi connectivity index (χ1n) is 3.00. The van der Waals surface area contributed by atoms with Gasteiger partial charge in [0.2, 0.25) is 0 Å². The number of nitrogens with zero attached hydrogens (tertiary/aromatic N) is 1. The maximum atomic E-state index is 5.52. The minimum Gasteiger partial charge on any atom is -0.393 e. The Hall–Kier alpha value is -0.700. The number of nitrogens with one attached hydrogen (secondary N) is 1. The molecule has 0 aromatic rings. The van der Waals surface area contributed by atoms with Gasteiger partial charge in [-0.3, -0.25) is 0 Å². The van der Waals surface area contributed by atoms with Crippen molar-refractivity contribution in [1.29, 1.82) is 0 Å². The van der Waals surface area contributed by atoms with Crippen LogP contribution in [-0.4, -0.2) is 25.2 Å². The fourth-order valence-corrected chi connectivity index (χ4v) is 0.328. The molecule has 0 fully saturated rings. The predicted molar refractivity (Wildman–Crippen MR) is 39.6 cm³/mol. The highest BCUT2D eigenvalue weighted by atomic mass is 15.2. The van der Waals surface area contributed by atoms with Crippen LogP contribution < -0.4 is 11.1 Å². The number of nitrogens with two attached hydrogens (primary N) is 1. The third-order valence-corrected chi connectivity index (χ3v) is 1.12. The van der Waals surface area contributed by atoms with Crippen LogP contribution in [0.5, 0.6) is 0 Å². The Kier molecular flexibility index (Phi) is 3.88. The van der Waals surface area contributed by atoms with Crippen LogP contribution >= 0.6 is 0 Å². The van der Waals surface area contributed by atoms with Crippen molar-refractivity contribution in [2.24, 2.45) is 5.73 Å². The van der Waals surface area contributed by atoms with Crippen molar-refractivity contribution in [3.8, 4) is 0 Å². The van der Waals surface area contributed by atoms with Crippen molar-refractivity contribution in [2.45, 2.75) is 13.1 Å². The summed E-state index contributed by atoms with van der Waals surface area (Å²) in [7, 11) is 3.78. The summed E-state index contributed by atoms with van der Waals surface area (Å²) in [5.74, 6) is 0. The molecule has 0 saturated heterocycles. The summed E-state index contributed by atoms with van der Waals surface area (Å²) in [4.78, 5) is 1.91. The van der Waals surface area contributed by atoms with E-state index in [-0.39, 0.29) is 6.17 Å². The van der Waals surface area contributed by atoms with Crippen LogP contribution in [0.25, 0.3) is 0 Å². The van der Waals surface area contributed by atoms with Crippen LogP contribution in [0, 0.1) is 0 Å². The molecule has 1 atom stereocenters. The molecule has 0 rings (SSSR count). The van der Waals surface area contributed by atoms with Crippen molar-refractivity contribution >= 4 is 0 Å². The third kappa shape index (κ3) is 3.85. The van der Waals surface area contributed by atoms with Gasteiger partial charge in [0.15, 0.2) is 0 Å². The van der Waals surface area contributed by atoms with Gasteiger partial charge in [0.1, 0.15) is 0 Å². The lowest BCUT2D eigenvalue weighted by atomic mass is 10.5. The number of hydrogen-bond donors (Lipinski definition) is 2. The summed E-state index contributed by atoms with van der Waals surface area (Å²) in [5, 5.41) is 2.88. The summed E-state index contributed by atoms with van der Waals surface area (Å²) in [6.45, 7) is 1.93. The van der Waals surface area contributed by atoms with Crippen molar-refractivity contribution in [3.05, 3.63) is 12.4 Å². The first-order chi connectivity index (χ1) is 4.18. The number of rotatable bonds is 3. The molecule has 0 bridgehead atoms. The zero-order valence-electron chi connectivity index (χ0n) is 6.26. The van der Waals surface area contributed by atoms with Crippen LogP contribution in [0.4, 0.5) is 0 Å². The maximum Gasteiger partial charge on any atom is 0.0734 e. The van der Waals surface area contributed by atoms with Gasteiger partial charge >= 0.3 is 0 Å². The van der Waals surface area contributed by atoms with Crippen molar-refractivity contribution in [1.82, 2.24) is 10.2 Å². The summed E-state index contributed by atoms with van der Waals surface area (Å²) >= 11 is 0. The lowest BCUT2D eigenvalue weighted by Gasteiger charge is -2.17. The summed E-state index contributed by atoms with van der Waals surface area (Å²) in [6.07, 6.45) is 3.81. The first kappa shape index (κ1) is 8.30. The van der Waals surface area contributed by atoms with E-state index in [9.17, 15) is 0 Å². The normalized spacial score (nSPS) is 13.8. The second-order valence-corrected chi connectivity index (χ2v) is 2.01. The molecule has 1 unspecified atom stereocenters. The molecule has 0 amide bonds. The first-order valence-corrected chi connectivity index (χ1v) is 3.00. The highest BCUT2D eigenvalue weighted by molar-refractivity contribution is 4.78. The zero-order valence-corrected chi connectivity index (χ0v) is 6.26. The van der Waals surface area contributed by atoms with E-state index in [1.165, 1.54) is 0 Å². The van der Waals surface area contributed by atoms with Gasteiger partial charge in [0, 0.05) is 26.5 Å². The Morgan fingerprint density at radius 3 is 2.56 bits per heavy atom. The van der Waals surface area contributed by atoms with E-state index in [0.717, 1.165) is 0 Å². The monoisotopic (exact) mass is 129 g/mol. The largest absolute Gasteiger partial charge is 0.393 e. The Bertz CT molecular complexity index is 88.3. The average molecular weight is 129 g/mol. The van der Waals surface area contributed by atoms with Crippen LogP contribution in [-0.2, 0) is 0 Å². The Morgan fingerprint density at radius 1 is 1.67 bits per heavy atom. The van der Waals surface area contributed by atoms with E-state index in [0.29, 0.717) is 0 Å². The van der Waals surface area contributed by atoms with Gasteiger partial charge in [-0.05, 0) is 6.92 Å². The van der Waals surface area contributed by atoms with Gasteiger partial charge in [0.05, 0.1) is 6.17 Å². The molecule has 0 aliphatic rings. The molecular weight excluding hydrogens is 114 g/mol. The molecule has 0 aliphatic carbocycles. The van der Waals surface area contributed by atoms with Crippen molar-refractivity contribution < 1.29 is 0 Å². The smallest absolute Gasteiger partial charge is 0.0734 e. The fourth-order valence-electron chi connectivity index (χ4n) is 0.328. The molecule has 0 saturated carbocycles. The Morgan fingerprint density at radius 2 is 2.22 bits per heavy atom. The maximum absolute atomic E-state index is 5.52. The topological polar surface area (TPSA) is 41.3 Å². The van der Waals surface area contributed by atoms with Gasteiger partial charge in [0.25, 0.3) is 0 Å². The van der Waals surface area contributed by atoms with E-state index >= 15 is 0 Å². The lowest BCUT2D eigenvalue weighted by Crippen LogP contribution is -2.32. The van der Waals surface area contributed by atoms with Crippen LogP contribution in [0.15, 0.2) is 12.4 Å². The molecular formula is C6H15N3. The predicted octanol–water partition coefficient (Wildman–Crippen LogP) is -0.0865. The van der Waals surface area contributed by atoms with Crippen LogP contribution in [0.2, 0.25) is 0 Å². The molecule has 0 radical (unpaired) electrons. The number of hydrogen-bond acceptors (Lipinski definition) is 3. The van der Waals surface area contributed by atoms with Crippen molar-refractivity contribution in [2.75, 3.05) is 14.1 Å². The molecule has 3 heteroatoms. The molecule has 0 aromatic heterocycles. The summed E-state index contributed by atoms with van der Waals surface area (Å²) in [5.41, 5.74) is 5.52. The second-order valence-electron chi connectivity index (χ2n) is 2.01. The Labute approximate surface area is 56.5 Å². The van der Waals surface area contributed by atoms with E-state index in [1.54, 1.807) is 0 Å².